The molecule has 0 saturated carbocycles. The van der Waals surface area contributed by atoms with Gasteiger partial charge in [0, 0.05) is 6.54 Å². The van der Waals surface area contributed by atoms with Crippen molar-refractivity contribution < 1.29 is 18.3 Å². The number of nitrogens with zero attached hydrogens (tertiary/aromatic N) is 2. The Morgan fingerprint density at radius 2 is 2.20 bits per heavy atom. The maximum absolute atomic E-state index is 13.2. The summed E-state index contributed by atoms with van der Waals surface area (Å²) in [7, 11) is 0. The average Bonchev–Trinajstić information content (AvgIpc) is 2.66. The highest BCUT2D eigenvalue weighted by atomic mass is 19.3. The van der Waals surface area contributed by atoms with Crippen molar-refractivity contribution in [1.29, 1.82) is 0 Å². The first kappa shape index (κ1) is 13.3. The van der Waals surface area contributed by atoms with Crippen LogP contribution in [0.5, 0.6) is 0 Å². The third-order valence-electron chi connectivity index (χ3n) is 3.32. The Morgan fingerprint density at radius 3 is 2.95 bits per heavy atom. The first-order valence-corrected chi connectivity index (χ1v) is 6.10. The summed E-state index contributed by atoms with van der Waals surface area (Å²) in [6.07, 6.45) is 1.75. The molecule has 20 heavy (non-hydrogen) atoms. The van der Waals surface area contributed by atoms with Crippen molar-refractivity contribution in [2.75, 3.05) is 0 Å². The van der Waals surface area contributed by atoms with Crippen LogP contribution in [-0.2, 0) is 16.0 Å². The summed E-state index contributed by atoms with van der Waals surface area (Å²) < 4.78 is 35.6. The van der Waals surface area contributed by atoms with E-state index >= 15 is 0 Å². The molecule has 2 atom stereocenters. The molecule has 1 aromatic heterocycles. The van der Waals surface area contributed by atoms with E-state index in [0.717, 1.165) is 0 Å². The highest BCUT2D eigenvalue weighted by Crippen LogP contribution is 2.43. The van der Waals surface area contributed by atoms with Gasteiger partial charge in [0.2, 0.25) is 0 Å². The van der Waals surface area contributed by atoms with Crippen molar-refractivity contribution in [3.8, 4) is 0 Å². The molecule has 0 radical (unpaired) electrons. The number of fused-ring (bicyclic) bond motifs is 1. The minimum Gasteiger partial charge on any atom is -0.325 e. The zero-order valence-electron chi connectivity index (χ0n) is 10.7. The topological polar surface area (TPSA) is 70.3 Å². The van der Waals surface area contributed by atoms with E-state index in [1.807, 2.05) is 0 Å². The maximum Gasteiger partial charge on any atom is 0.487 e. The summed E-state index contributed by atoms with van der Waals surface area (Å²) in [6, 6.07) is 1.72. The summed E-state index contributed by atoms with van der Waals surface area (Å²) >= 11 is 0. The van der Waals surface area contributed by atoms with Crippen LogP contribution in [0.25, 0.3) is 5.57 Å². The molecule has 0 amide bonds. The van der Waals surface area contributed by atoms with Crippen LogP contribution in [0.2, 0.25) is 0 Å². The van der Waals surface area contributed by atoms with Crippen LogP contribution in [0.15, 0.2) is 30.6 Å². The molecular formula is C13H13F2N3O2. The fourth-order valence-electron chi connectivity index (χ4n) is 2.24. The molecule has 106 valence electrons. The maximum atomic E-state index is 13.2. The van der Waals surface area contributed by atoms with E-state index in [2.05, 4.69) is 19.4 Å². The number of ether oxygens (including phenoxy) is 2. The highest BCUT2D eigenvalue weighted by Gasteiger charge is 2.55. The van der Waals surface area contributed by atoms with Gasteiger partial charge in [0.15, 0.2) is 0 Å². The molecule has 5 nitrogen and oxygen atoms in total. The van der Waals surface area contributed by atoms with Gasteiger partial charge in [-0.15, -0.1) is 8.78 Å². The Hall–Kier alpha value is -1.70. The molecule has 1 aromatic rings. The van der Waals surface area contributed by atoms with Gasteiger partial charge in [-0.05, 0) is 30.7 Å². The number of hydrogen-bond acceptors (Lipinski definition) is 5. The lowest BCUT2D eigenvalue weighted by molar-refractivity contribution is -0.353. The fraction of sp³-hybridized carbons (Fsp3) is 0.385. The molecule has 1 aliphatic heterocycles. The van der Waals surface area contributed by atoms with Crippen LogP contribution >= 0.6 is 0 Å². The predicted octanol–water partition coefficient (Wildman–Crippen LogP) is 1.61. The number of nitrogens with two attached hydrogens (primary N) is 1. The Kier molecular flexibility index (Phi) is 2.93. The van der Waals surface area contributed by atoms with Crippen molar-refractivity contribution in [2.24, 2.45) is 5.73 Å². The number of hydrogen-bond donors (Lipinski definition) is 1. The number of aromatic nitrogens is 2. The second kappa shape index (κ2) is 4.41. The third kappa shape index (κ3) is 2.24. The van der Waals surface area contributed by atoms with Gasteiger partial charge < -0.3 is 5.73 Å². The van der Waals surface area contributed by atoms with Crippen molar-refractivity contribution in [3.05, 3.63) is 42.0 Å². The van der Waals surface area contributed by atoms with E-state index in [1.165, 1.54) is 6.33 Å². The van der Waals surface area contributed by atoms with Crippen LogP contribution in [0, 0.1) is 0 Å². The minimum absolute atomic E-state index is 0.283. The first-order valence-electron chi connectivity index (χ1n) is 6.10. The lowest BCUT2D eigenvalue weighted by Crippen LogP contribution is -2.35. The van der Waals surface area contributed by atoms with Gasteiger partial charge in [-0.25, -0.2) is 9.97 Å². The smallest absolute Gasteiger partial charge is 0.325 e. The van der Waals surface area contributed by atoms with Crippen molar-refractivity contribution in [1.82, 2.24) is 9.97 Å². The van der Waals surface area contributed by atoms with Gasteiger partial charge in [-0.2, -0.15) is 0 Å². The number of allylic oxidation sites excluding steroid dienone is 2. The molecule has 2 aliphatic rings. The van der Waals surface area contributed by atoms with Gasteiger partial charge in [0.25, 0.3) is 0 Å². The largest absolute Gasteiger partial charge is 0.487 e. The quantitative estimate of drug-likeness (QED) is 0.892. The molecule has 2 N–H and O–H groups in total. The van der Waals surface area contributed by atoms with Gasteiger partial charge in [0.05, 0.1) is 11.4 Å². The molecule has 0 aromatic carbocycles. The summed E-state index contributed by atoms with van der Waals surface area (Å²) in [5, 5.41) is 0. The van der Waals surface area contributed by atoms with E-state index in [0.29, 0.717) is 17.0 Å². The van der Waals surface area contributed by atoms with Crippen molar-refractivity contribution in [3.63, 3.8) is 0 Å². The zero-order valence-corrected chi connectivity index (χ0v) is 10.7. The number of rotatable bonds is 2. The molecule has 3 rings (SSSR count). The highest BCUT2D eigenvalue weighted by molar-refractivity contribution is 5.74. The van der Waals surface area contributed by atoms with E-state index in [9.17, 15) is 8.78 Å². The minimum atomic E-state index is -3.58. The molecule has 2 unspecified atom stereocenters. The molecule has 1 fully saturated rings. The lowest BCUT2D eigenvalue weighted by atomic mass is 9.90. The third-order valence-corrected chi connectivity index (χ3v) is 3.32. The molecule has 0 bridgehead atoms. The zero-order chi connectivity index (χ0) is 14.4. The number of halogens is 2. The van der Waals surface area contributed by atoms with E-state index in [4.69, 9.17) is 5.73 Å². The first-order chi connectivity index (χ1) is 9.42. The fourth-order valence-corrected chi connectivity index (χ4v) is 2.24. The van der Waals surface area contributed by atoms with Gasteiger partial charge in [-0.3, -0.25) is 9.47 Å². The Labute approximate surface area is 114 Å². The lowest BCUT2D eigenvalue weighted by Gasteiger charge is -2.25. The molecule has 1 saturated heterocycles. The SMILES string of the molecule is CC12C=CC(c3cc(CN)ncn3)=CC1OC(F)(F)O2. The summed E-state index contributed by atoms with van der Waals surface area (Å²) in [6.45, 7) is 1.83. The average molecular weight is 281 g/mol. The van der Waals surface area contributed by atoms with Gasteiger partial charge >= 0.3 is 6.29 Å². The van der Waals surface area contributed by atoms with Crippen molar-refractivity contribution in [2.45, 2.75) is 31.5 Å². The van der Waals surface area contributed by atoms with Crippen LogP contribution in [-0.4, -0.2) is 28.0 Å². The normalized spacial score (nSPS) is 31.0. The number of alkyl halides is 2. The summed E-state index contributed by atoms with van der Waals surface area (Å²) in [4.78, 5) is 8.11. The van der Waals surface area contributed by atoms with E-state index in [1.54, 1.807) is 31.2 Å². The van der Waals surface area contributed by atoms with E-state index in [-0.39, 0.29) is 6.54 Å². The van der Waals surface area contributed by atoms with Gasteiger partial charge in [-0.1, -0.05) is 6.08 Å². The Bertz CT molecular complexity index is 603. The predicted molar refractivity (Wildman–Crippen MR) is 66.4 cm³/mol. The van der Waals surface area contributed by atoms with Crippen LogP contribution < -0.4 is 5.73 Å². The van der Waals surface area contributed by atoms with E-state index < -0.39 is 18.0 Å². The van der Waals surface area contributed by atoms with Gasteiger partial charge in [0.1, 0.15) is 18.0 Å². The second-order valence-electron chi connectivity index (χ2n) is 4.84. The monoisotopic (exact) mass is 281 g/mol. The Balaban J connectivity index is 1.94. The molecular weight excluding hydrogens is 268 g/mol. The van der Waals surface area contributed by atoms with Crippen LogP contribution in [0.4, 0.5) is 8.78 Å². The Morgan fingerprint density at radius 1 is 1.40 bits per heavy atom. The van der Waals surface area contributed by atoms with Crippen molar-refractivity contribution >= 4 is 5.57 Å². The molecule has 7 heteroatoms. The molecule has 0 spiro atoms. The standard InChI is InChI=1S/C13H13F2N3O2/c1-12-3-2-8(4-11(12)19-13(14,15)20-12)10-5-9(6-16)17-7-18-10/h2-5,7,11H,6,16H2,1H3. The van der Waals surface area contributed by atoms with Crippen LogP contribution in [0.1, 0.15) is 18.3 Å². The summed E-state index contributed by atoms with van der Waals surface area (Å²) in [5.74, 6) is 0. The second-order valence-corrected chi connectivity index (χ2v) is 4.84. The molecule has 2 heterocycles. The van der Waals surface area contributed by atoms with Crippen LogP contribution in [0.3, 0.4) is 0 Å². The molecule has 1 aliphatic carbocycles. The summed E-state index contributed by atoms with van der Waals surface area (Å²) in [5.41, 5.74) is 6.30.